The molecular weight excluding hydrogens is 304 g/mol. The molecule has 0 aromatic carbocycles. The number of esters is 2. The summed E-state index contributed by atoms with van der Waals surface area (Å²) in [6.45, 7) is 20.0. The van der Waals surface area contributed by atoms with E-state index in [2.05, 4.69) is 27.7 Å². The molecule has 0 rings (SSSR count). The van der Waals surface area contributed by atoms with Crippen LogP contribution in [0.15, 0.2) is 12.2 Å². The van der Waals surface area contributed by atoms with Gasteiger partial charge in [-0.1, -0.05) is 41.5 Å². The molecule has 0 saturated carbocycles. The summed E-state index contributed by atoms with van der Waals surface area (Å²) in [5.41, 5.74) is -1.18. The van der Waals surface area contributed by atoms with Crippen LogP contribution in [0.2, 0.25) is 0 Å². The quantitative estimate of drug-likeness (QED) is 0.472. The lowest BCUT2D eigenvalue weighted by molar-refractivity contribution is -0.159. The Labute approximate surface area is 148 Å². The van der Waals surface area contributed by atoms with Gasteiger partial charge in [0.15, 0.2) is 0 Å². The average Bonchev–Trinajstić information content (AvgIpc) is 2.42. The maximum Gasteiger partial charge on any atom is 0.331 e. The van der Waals surface area contributed by atoms with Gasteiger partial charge in [0.2, 0.25) is 0 Å². The number of carbonyl (C=O) groups is 2. The van der Waals surface area contributed by atoms with Crippen LogP contribution in [0, 0.1) is 23.7 Å². The molecule has 140 valence electrons. The fraction of sp³-hybridized carbons (Fsp3) is 0.800. The van der Waals surface area contributed by atoms with Crippen molar-refractivity contribution in [2.24, 2.45) is 23.7 Å². The number of hydrogen-bond acceptors (Lipinski definition) is 4. The van der Waals surface area contributed by atoms with E-state index in [1.54, 1.807) is 0 Å². The van der Waals surface area contributed by atoms with E-state index < -0.39 is 23.1 Å². The van der Waals surface area contributed by atoms with Crippen LogP contribution in [0.1, 0.15) is 69.2 Å². The molecule has 0 saturated heterocycles. The first-order chi connectivity index (χ1) is 10.7. The molecule has 2 atom stereocenters. The normalized spacial score (nSPS) is 15.7. The van der Waals surface area contributed by atoms with E-state index in [-0.39, 0.29) is 11.8 Å². The first kappa shape index (κ1) is 22.7. The topological polar surface area (TPSA) is 52.6 Å². The second-order valence-electron chi connectivity index (χ2n) is 8.45. The molecule has 0 amide bonds. The van der Waals surface area contributed by atoms with Crippen LogP contribution < -0.4 is 0 Å². The summed E-state index contributed by atoms with van der Waals surface area (Å²) < 4.78 is 11.0. The minimum atomic E-state index is -0.592. The van der Waals surface area contributed by atoms with Crippen molar-refractivity contribution < 1.29 is 19.1 Å². The van der Waals surface area contributed by atoms with Gasteiger partial charge in [0, 0.05) is 12.2 Å². The van der Waals surface area contributed by atoms with E-state index in [1.165, 1.54) is 0 Å². The molecule has 0 aliphatic carbocycles. The summed E-state index contributed by atoms with van der Waals surface area (Å²) in [5.74, 6) is 0.124. The van der Waals surface area contributed by atoms with Gasteiger partial charge in [0.25, 0.3) is 0 Å². The number of carbonyl (C=O) groups excluding carboxylic acids is 2. The van der Waals surface area contributed by atoms with Gasteiger partial charge in [-0.25, -0.2) is 9.59 Å². The average molecular weight is 341 g/mol. The molecule has 0 spiro atoms. The summed E-state index contributed by atoms with van der Waals surface area (Å²) in [7, 11) is 0. The molecule has 4 nitrogen and oxygen atoms in total. The summed E-state index contributed by atoms with van der Waals surface area (Å²) in [4.78, 5) is 24.0. The molecule has 2 unspecified atom stereocenters. The number of ether oxygens (including phenoxy) is 2. The minimum absolute atomic E-state index is 0.202. The SMILES string of the molecule is CC(C)C(C)C(C)(C)OC(=O)/C=C\C(=O)OC(C)(C)C(C)C(C)C. The maximum absolute atomic E-state index is 12.0. The second kappa shape index (κ2) is 8.68. The van der Waals surface area contributed by atoms with E-state index in [4.69, 9.17) is 9.47 Å². The van der Waals surface area contributed by atoms with E-state index in [0.29, 0.717) is 11.8 Å². The molecule has 0 heterocycles. The molecule has 0 aromatic heterocycles. The molecule has 0 radical (unpaired) electrons. The van der Waals surface area contributed by atoms with E-state index in [0.717, 1.165) is 12.2 Å². The van der Waals surface area contributed by atoms with E-state index in [1.807, 2.05) is 41.5 Å². The summed E-state index contributed by atoms with van der Waals surface area (Å²) in [5, 5.41) is 0. The highest BCUT2D eigenvalue weighted by atomic mass is 16.6. The van der Waals surface area contributed by atoms with Crippen LogP contribution in [0.3, 0.4) is 0 Å². The lowest BCUT2D eigenvalue weighted by Gasteiger charge is -2.34. The zero-order valence-electron chi connectivity index (χ0n) is 17.1. The summed E-state index contributed by atoms with van der Waals surface area (Å²) in [6.07, 6.45) is 2.29. The minimum Gasteiger partial charge on any atom is -0.456 e. The van der Waals surface area contributed by atoms with Gasteiger partial charge in [0.1, 0.15) is 11.2 Å². The molecule has 0 aromatic rings. The highest BCUT2D eigenvalue weighted by molar-refractivity contribution is 5.92. The predicted octanol–water partition coefficient (Wildman–Crippen LogP) is 4.77. The third kappa shape index (κ3) is 7.06. The van der Waals surface area contributed by atoms with Crippen LogP contribution >= 0.6 is 0 Å². The molecular formula is C20H36O4. The summed E-state index contributed by atoms with van der Waals surface area (Å²) in [6, 6.07) is 0. The highest BCUT2D eigenvalue weighted by Gasteiger charge is 2.33. The highest BCUT2D eigenvalue weighted by Crippen LogP contribution is 2.29. The maximum atomic E-state index is 12.0. The molecule has 4 heteroatoms. The van der Waals surface area contributed by atoms with Gasteiger partial charge in [-0.15, -0.1) is 0 Å². The predicted molar refractivity (Wildman–Crippen MR) is 97.5 cm³/mol. The zero-order valence-corrected chi connectivity index (χ0v) is 17.1. The van der Waals surface area contributed by atoms with Gasteiger partial charge >= 0.3 is 11.9 Å². The largest absolute Gasteiger partial charge is 0.456 e. The smallest absolute Gasteiger partial charge is 0.331 e. The standard InChI is InChI=1S/C20H36O4/c1-13(2)15(5)19(7,8)23-17(21)11-12-18(22)24-20(9,10)16(6)14(3)4/h11-16H,1-10H3/b12-11-. The Morgan fingerprint density at radius 3 is 1.12 bits per heavy atom. The Kier molecular flexibility index (Phi) is 8.20. The van der Waals surface area contributed by atoms with Crippen molar-refractivity contribution in [3.05, 3.63) is 12.2 Å². The Morgan fingerprint density at radius 1 is 0.667 bits per heavy atom. The number of rotatable bonds is 8. The van der Waals surface area contributed by atoms with Gasteiger partial charge < -0.3 is 9.47 Å². The first-order valence-corrected chi connectivity index (χ1v) is 8.84. The lowest BCUT2D eigenvalue weighted by Crippen LogP contribution is -2.38. The van der Waals surface area contributed by atoms with Crippen LogP contribution in [0.5, 0.6) is 0 Å². The van der Waals surface area contributed by atoms with Crippen molar-refractivity contribution in [3.63, 3.8) is 0 Å². The van der Waals surface area contributed by atoms with Crippen LogP contribution in [0.25, 0.3) is 0 Å². The van der Waals surface area contributed by atoms with Crippen molar-refractivity contribution in [1.82, 2.24) is 0 Å². The molecule has 24 heavy (non-hydrogen) atoms. The third-order valence-electron chi connectivity index (χ3n) is 5.28. The Bertz CT molecular complexity index is 416. The van der Waals surface area contributed by atoms with Crippen molar-refractivity contribution in [3.8, 4) is 0 Å². The van der Waals surface area contributed by atoms with Crippen molar-refractivity contribution in [2.45, 2.75) is 80.4 Å². The Morgan fingerprint density at radius 2 is 0.917 bits per heavy atom. The van der Waals surface area contributed by atoms with Crippen molar-refractivity contribution in [1.29, 1.82) is 0 Å². The first-order valence-electron chi connectivity index (χ1n) is 8.84. The van der Waals surface area contributed by atoms with Gasteiger partial charge in [-0.05, 0) is 51.4 Å². The fourth-order valence-electron chi connectivity index (χ4n) is 2.51. The van der Waals surface area contributed by atoms with Crippen LogP contribution in [0.4, 0.5) is 0 Å². The Balaban J connectivity index is 4.74. The summed E-state index contributed by atoms with van der Waals surface area (Å²) >= 11 is 0. The lowest BCUT2D eigenvalue weighted by atomic mass is 9.83. The molecule has 0 fully saturated rings. The molecule has 0 aliphatic heterocycles. The van der Waals surface area contributed by atoms with Crippen LogP contribution in [-0.4, -0.2) is 23.1 Å². The fourth-order valence-corrected chi connectivity index (χ4v) is 2.51. The van der Waals surface area contributed by atoms with E-state index in [9.17, 15) is 9.59 Å². The molecule has 0 aliphatic rings. The number of hydrogen-bond donors (Lipinski definition) is 0. The molecule has 0 bridgehead atoms. The Hall–Kier alpha value is -1.32. The third-order valence-corrected chi connectivity index (χ3v) is 5.28. The molecule has 0 N–H and O–H groups in total. The second-order valence-corrected chi connectivity index (χ2v) is 8.45. The van der Waals surface area contributed by atoms with Gasteiger partial charge in [-0.3, -0.25) is 0 Å². The zero-order chi connectivity index (χ0) is 19.3. The van der Waals surface area contributed by atoms with Crippen molar-refractivity contribution >= 4 is 11.9 Å². The van der Waals surface area contributed by atoms with Gasteiger partial charge in [-0.2, -0.15) is 0 Å². The van der Waals surface area contributed by atoms with Crippen LogP contribution in [-0.2, 0) is 19.1 Å². The van der Waals surface area contributed by atoms with E-state index >= 15 is 0 Å². The monoisotopic (exact) mass is 340 g/mol. The van der Waals surface area contributed by atoms with Gasteiger partial charge in [0.05, 0.1) is 0 Å². The van der Waals surface area contributed by atoms with Crippen molar-refractivity contribution in [2.75, 3.05) is 0 Å².